The summed E-state index contributed by atoms with van der Waals surface area (Å²) in [5, 5.41) is 16.9. The molecular formula is C16H23N3O3. The highest BCUT2D eigenvalue weighted by Gasteiger charge is 2.23. The molecule has 0 aliphatic carbocycles. The van der Waals surface area contributed by atoms with Crippen molar-refractivity contribution in [3.05, 3.63) is 23.0 Å². The van der Waals surface area contributed by atoms with E-state index in [2.05, 4.69) is 36.2 Å². The number of aliphatic hydroxyl groups is 1. The van der Waals surface area contributed by atoms with Crippen LogP contribution in [0.25, 0.3) is 11.1 Å². The van der Waals surface area contributed by atoms with Crippen molar-refractivity contribution in [2.45, 2.75) is 47.1 Å². The molecule has 2 aromatic heterocycles. The van der Waals surface area contributed by atoms with Crippen LogP contribution in [0.4, 0.5) is 0 Å². The molecule has 0 bridgehead atoms. The molecule has 2 aromatic rings. The maximum absolute atomic E-state index is 12.6. The van der Waals surface area contributed by atoms with Gasteiger partial charge in [-0.2, -0.15) is 0 Å². The van der Waals surface area contributed by atoms with Crippen molar-refractivity contribution >= 4 is 17.0 Å². The van der Waals surface area contributed by atoms with Gasteiger partial charge in [-0.25, -0.2) is 4.98 Å². The molecule has 2 heterocycles. The summed E-state index contributed by atoms with van der Waals surface area (Å²) >= 11 is 0. The number of aromatic nitrogens is 2. The molecule has 0 fully saturated rings. The van der Waals surface area contributed by atoms with Gasteiger partial charge in [-0.15, -0.1) is 0 Å². The molecule has 2 rings (SSSR count). The summed E-state index contributed by atoms with van der Waals surface area (Å²) in [5.41, 5.74) is 2.17. The van der Waals surface area contributed by atoms with Crippen LogP contribution >= 0.6 is 0 Å². The van der Waals surface area contributed by atoms with Gasteiger partial charge in [0.1, 0.15) is 0 Å². The van der Waals surface area contributed by atoms with Crippen LogP contribution in [0.15, 0.2) is 10.6 Å². The minimum Gasteiger partial charge on any atom is -0.394 e. The number of fused-ring (bicyclic) bond motifs is 1. The Balaban J connectivity index is 2.31. The third-order valence-electron chi connectivity index (χ3n) is 3.40. The van der Waals surface area contributed by atoms with Crippen molar-refractivity contribution in [3.8, 4) is 0 Å². The van der Waals surface area contributed by atoms with Crippen molar-refractivity contribution in [1.29, 1.82) is 0 Å². The first kappa shape index (κ1) is 16.4. The minimum absolute atomic E-state index is 0.0112. The van der Waals surface area contributed by atoms with Crippen LogP contribution in [0.5, 0.6) is 0 Å². The molecule has 1 unspecified atom stereocenters. The summed E-state index contributed by atoms with van der Waals surface area (Å²) in [6, 6.07) is 1.42. The van der Waals surface area contributed by atoms with Gasteiger partial charge in [0.15, 0.2) is 0 Å². The second kappa shape index (κ2) is 6.04. The molecule has 6 heteroatoms. The van der Waals surface area contributed by atoms with Crippen LogP contribution in [0.1, 0.15) is 48.9 Å². The number of aliphatic hydroxyl groups excluding tert-OH is 1. The van der Waals surface area contributed by atoms with E-state index in [9.17, 15) is 9.90 Å². The topological polar surface area (TPSA) is 88.2 Å². The highest BCUT2D eigenvalue weighted by molar-refractivity contribution is 6.06. The first-order valence-corrected chi connectivity index (χ1v) is 7.36. The van der Waals surface area contributed by atoms with Crippen LogP contribution in [0.3, 0.4) is 0 Å². The van der Waals surface area contributed by atoms with Gasteiger partial charge in [0.05, 0.1) is 29.3 Å². The monoisotopic (exact) mass is 305 g/mol. The normalized spacial score (nSPS) is 13.4. The Kier molecular flexibility index (Phi) is 4.51. The maximum atomic E-state index is 12.6. The van der Waals surface area contributed by atoms with Crippen molar-refractivity contribution < 1.29 is 14.4 Å². The van der Waals surface area contributed by atoms with E-state index in [1.165, 1.54) is 0 Å². The number of aryl methyl sites for hydroxylation is 2. The lowest BCUT2D eigenvalue weighted by atomic mass is 9.88. The van der Waals surface area contributed by atoms with Gasteiger partial charge >= 0.3 is 0 Å². The molecule has 6 nitrogen and oxygen atoms in total. The van der Waals surface area contributed by atoms with E-state index in [-0.39, 0.29) is 24.0 Å². The minimum atomic E-state index is -0.295. The summed E-state index contributed by atoms with van der Waals surface area (Å²) in [6.07, 6.45) is 0.686. The largest absolute Gasteiger partial charge is 0.394 e. The zero-order chi connectivity index (χ0) is 16.5. The Morgan fingerprint density at radius 1 is 1.41 bits per heavy atom. The predicted molar refractivity (Wildman–Crippen MR) is 83.7 cm³/mol. The second-order valence-electron chi connectivity index (χ2n) is 6.88. The number of nitrogens with zero attached hydrogens (tertiary/aromatic N) is 2. The fraction of sp³-hybridized carbons (Fsp3) is 0.562. The van der Waals surface area contributed by atoms with Crippen LogP contribution in [0.2, 0.25) is 0 Å². The number of pyridine rings is 1. The van der Waals surface area contributed by atoms with E-state index in [1.54, 1.807) is 19.9 Å². The fourth-order valence-corrected chi connectivity index (χ4v) is 2.56. The van der Waals surface area contributed by atoms with E-state index in [0.717, 1.165) is 0 Å². The summed E-state index contributed by atoms with van der Waals surface area (Å²) in [7, 11) is 0. The lowest BCUT2D eigenvalue weighted by Gasteiger charge is -2.25. The van der Waals surface area contributed by atoms with Gasteiger partial charge in [0.25, 0.3) is 11.6 Å². The number of hydrogen-bond donors (Lipinski definition) is 2. The number of carbonyl (C=O) groups is 1. The quantitative estimate of drug-likeness (QED) is 0.905. The van der Waals surface area contributed by atoms with Crippen molar-refractivity contribution in [2.75, 3.05) is 6.61 Å². The molecule has 0 aliphatic heterocycles. The summed E-state index contributed by atoms with van der Waals surface area (Å²) in [4.78, 5) is 16.8. The first-order chi connectivity index (χ1) is 10.2. The van der Waals surface area contributed by atoms with E-state index in [4.69, 9.17) is 4.52 Å². The van der Waals surface area contributed by atoms with E-state index < -0.39 is 0 Å². The lowest BCUT2D eigenvalue weighted by Crippen LogP contribution is -2.40. The zero-order valence-electron chi connectivity index (χ0n) is 13.7. The molecule has 0 spiro atoms. The van der Waals surface area contributed by atoms with Crippen LogP contribution < -0.4 is 5.32 Å². The molecule has 1 amide bonds. The maximum Gasteiger partial charge on any atom is 0.258 e. The fourth-order valence-electron chi connectivity index (χ4n) is 2.56. The van der Waals surface area contributed by atoms with Gasteiger partial charge in [0.2, 0.25) is 0 Å². The Hall–Kier alpha value is -1.95. The molecular weight excluding hydrogens is 282 g/mol. The van der Waals surface area contributed by atoms with Crippen LogP contribution in [-0.2, 0) is 0 Å². The number of nitrogens with one attached hydrogen (secondary N) is 1. The number of amides is 1. The Labute approximate surface area is 129 Å². The zero-order valence-corrected chi connectivity index (χ0v) is 13.7. The van der Waals surface area contributed by atoms with Gasteiger partial charge in [-0.1, -0.05) is 25.9 Å². The van der Waals surface area contributed by atoms with Crippen LogP contribution in [0, 0.1) is 19.3 Å². The van der Waals surface area contributed by atoms with Crippen molar-refractivity contribution in [2.24, 2.45) is 5.41 Å². The highest BCUT2D eigenvalue weighted by Crippen LogP contribution is 2.23. The standard InChI is InChI=1S/C16H23N3O3/c1-9-6-12(13-10(2)19-22-15(13)17-9)14(21)18-11(8-20)7-16(3,4)5/h6,11,20H,7-8H2,1-5H3,(H,18,21). The summed E-state index contributed by atoms with van der Waals surface area (Å²) in [5.74, 6) is -0.245. The lowest BCUT2D eigenvalue weighted by molar-refractivity contribution is 0.0899. The summed E-state index contributed by atoms with van der Waals surface area (Å²) < 4.78 is 5.14. The molecule has 1 atom stereocenters. The Morgan fingerprint density at radius 2 is 2.09 bits per heavy atom. The van der Waals surface area contributed by atoms with Gasteiger partial charge in [-0.05, 0) is 31.7 Å². The SMILES string of the molecule is Cc1cc(C(=O)NC(CO)CC(C)(C)C)c2c(C)noc2n1. The molecule has 0 radical (unpaired) electrons. The van der Waals surface area contributed by atoms with E-state index >= 15 is 0 Å². The number of rotatable bonds is 4. The molecule has 0 aliphatic rings. The van der Waals surface area contributed by atoms with E-state index in [0.29, 0.717) is 34.5 Å². The summed E-state index contributed by atoms with van der Waals surface area (Å²) in [6.45, 7) is 9.69. The number of hydrogen-bond acceptors (Lipinski definition) is 5. The molecule has 0 saturated carbocycles. The smallest absolute Gasteiger partial charge is 0.258 e. The molecule has 0 saturated heterocycles. The average molecular weight is 305 g/mol. The third kappa shape index (κ3) is 3.62. The third-order valence-corrected chi connectivity index (χ3v) is 3.40. The van der Waals surface area contributed by atoms with Gasteiger partial charge < -0.3 is 14.9 Å². The average Bonchev–Trinajstić information content (AvgIpc) is 2.76. The van der Waals surface area contributed by atoms with Gasteiger partial charge in [-0.3, -0.25) is 4.79 Å². The molecule has 0 aromatic carbocycles. The Bertz CT molecular complexity index is 686. The molecule has 120 valence electrons. The number of carbonyl (C=O) groups excluding carboxylic acids is 1. The Morgan fingerprint density at radius 3 is 2.68 bits per heavy atom. The van der Waals surface area contributed by atoms with Crippen molar-refractivity contribution in [1.82, 2.24) is 15.5 Å². The highest BCUT2D eigenvalue weighted by atomic mass is 16.5. The van der Waals surface area contributed by atoms with Gasteiger partial charge in [0, 0.05) is 5.69 Å². The molecule has 2 N–H and O–H groups in total. The van der Waals surface area contributed by atoms with Crippen LogP contribution in [-0.4, -0.2) is 33.8 Å². The van der Waals surface area contributed by atoms with Crippen molar-refractivity contribution in [3.63, 3.8) is 0 Å². The molecule has 22 heavy (non-hydrogen) atoms. The predicted octanol–water partition coefficient (Wildman–Crippen LogP) is 2.37. The second-order valence-corrected chi connectivity index (χ2v) is 6.88. The first-order valence-electron chi connectivity index (χ1n) is 7.36. The van der Waals surface area contributed by atoms with E-state index in [1.807, 2.05) is 0 Å².